The molecule has 0 amide bonds. The Morgan fingerprint density at radius 1 is 1.35 bits per heavy atom. The first-order valence-electron chi connectivity index (χ1n) is 7.55. The Balaban J connectivity index is 2.12. The minimum absolute atomic E-state index is 0.183. The summed E-state index contributed by atoms with van der Waals surface area (Å²) in [6.45, 7) is 11.7. The van der Waals surface area contributed by atoms with Crippen LogP contribution in [0.5, 0.6) is 0 Å². The van der Waals surface area contributed by atoms with Gasteiger partial charge in [0.1, 0.15) is 5.76 Å². The zero-order valence-electron chi connectivity index (χ0n) is 13.4. The molecule has 2 N–H and O–H groups in total. The number of aromatic nitrogens is 1. The highest BCUT2D eigenvalue weighted by molar-refractivity contribution is 5.21. The third-order valence-corrected chi connectivity index (χ3v) is 4.58. The van der Waals surface area contributed by atoms with Gasteiger partial charge in [-0.15, -0.1) is 0 Å². The van der Waals surface area contributed by atoms with Gasteiger partial charge in [-0.1, -0.05) is 25.9 Å². The molecule has 1 aliphatic rings. The lowest BCUT2D eigenvalue weighted by molar-refractivity contribution is 0.0351. The monoisotopic (exact) mass is 280 g/mol. The first-order chi connectivity index (χ1) is 9.27. The Morgan fingerprint density at radius 3 is 2.55 bits per heavy atom. The summed E-state index contributed by atoms with van der Waals surface area (Å²) in [5.74, 6) is 1.49. The van der Waals surface area contributed by atoms with E-state index in [0.29, 0.717) is 12.5 Å². The van der Waals surface area contributed by atoms with Crippen molar-refractivity contribution < 1.29 is 9.63 Å². The van der Waals surface area contributed by atoms with Crippen LogP contribution in [0.15, 0.2) is 4.52 Å². The van der Waals surface area contributed by atoms with Gasteiger partial charge in [-0.25, -0.2) is 0 Å². The second kappa shape index (κ2) is 5.49. The first kappa shape index (κ1) is 15.5. The highest BCUT2D eigenvalue weighted by atomic mass is 16.5. The Morgan fingerprint density at radius 2 is 2.05 bits per heavy atom. The molecule has 0 aromatic carbocycles. The number of rotatable bonds is 4. The van der Waals surface area contributed by atoms with Gasteiger partial charge in [-0.05, 0) is 44.4 Å². The molecular formula is C16H28N2O2. The van der Waals surface area contributed by atoms with E-state index in [4.69, 9.17) is 4.52 Å². The molecule has 1 aromatic rings. The van der Waals surface area contributed by atoms with E-state index in [9.17, 15) is 5.11 Å². The second-order valence-corrected chi connectivity index (χ2v) is 7.45. The van der Waals surface area contributed by atoms with Crippen molar-refractivity contribution in [3.05, 3.63) is 17.0 Å². The molecule has 1 saturated carbocycles. The van der Waals surface area contributed by atoms with Gasteiger partial charge in [-0.2, -0.15) is 0 Å². The normalized spacial score (nSPS) is 29.6. The maximum absolute atomic E-state index is 9.96. The van der Waals surface area contributed by atoms with E-state index in [1.165, 1.54) is 6.42 Å². The molecule has 1 aromatic heterocycles. The van der Waals surface area contributed by atoms with E-state index < -0.39 is 0 Å². The van der Waals surface area contributed by atoms with E-state index >= 15 is 0 Å². The summed E-state index contributed by atoms with van der Waals surface area (Å²) >= 11 is 0. The lowest BCUT2D eigenvalue weighted by atomic mass is 9.64. The van der Waals surface area contributed by atoms with Crippen molar-refractivity contribution in [2.75, 3.05) is 6.61 Å². The van der Waals surface area contributed by atoms with Gasteiger partial charge < -0.3 is 14.9 Å². The average molecular weight is 280 g/mol. The van der Waals surface area contributed by atoms with Gasteiger partial charge >= 0.3 is 0 Å². The van der Waals surface area contributed by atoms with E-state index in [1.807, 2.05) is 13.8 Å². The van der Waals surface area contributed by atoms with Crippen LogP contribution in [0.25, 0.3) is 0 Å². The van der Waals surface area contributed by atoms with Crippen LogP contribution in [0, 0.1) is 25.2 Å². The molecule has 4 nitrogen and oxygen atoms in total. The number of aliphatic hydroxyl groups is 1. The highest BCUT2D eigenvalue weighted by Gasteiger charge is 2.42. The molecule has 1 aliphatic carbocycles. The van der Waals surface area contributed by atoms with Gasteiger partial charge in [-0.3, -0.25) is 0 Å². The van der Waals surface area contributed by atoms with E-state index in [1.54, 1.807) is 0 Å². The topological polar surface area (TPSA) is 58.3 Å². The van der Waals surface area contributed by atoms with Crippen LogP contribution in [0.4, 0.5) is 0 Å². The molecule has 0 radical (unpaired) electrons. The Kier molecular flexibility index (Phi) is 4.26. The largest absolute Gasteiger partial charge is 0.394 e. The third kappa shape index (κ3) is 3.23. The smallest absolute Gasteiger partial charge is 0.138 e. The van der Waals surface area contributed by atoms with Gasteiger partial charge in [0.05, 0.1) is 12.3 Å². The first-order valence-corrected chi connectivity index (χ1v) is 7.55. The van der Waals surface area contributed by atoms with Crippen LogP contribution in [-0.4, -0.2) is 22.4 Å². The molecule has 0 aliphatic heterocycles. The summed E-state index contributed by atoms with van der Waals surface area (Å²) in [6.07, 6.45) is 3.25. The molecule has 2 atom stereocenters. The fraction of sp³-hybridized carbons (Fsp3) is 0.812. The molecule has 114 valence electrons. The molecule has 4 heteroatoms. The van der Waals surface area contributed by atoms with Crippen molar-refractivity contribution in [3.63, 3.8) is 0 Å². The van der Waals surface area contributed by atoms with Gasteiger partial charge in [0, 0.05) is 17.6 Å². The van der Waals surface area contributed by atoms with Crippen LogP contribution in [0.3, 0.4) is 0 Å². The van der Waals surface area contributed by atoms with Crippen molar-refractivity contribution in [3.8, 4) is 0 Å². The summed E-state index contributed by atoms with van der Waals surface area (Å²) in [6, 6.07) is 0. The Labute approximate surface area is 121 Å². The van der Waals surface area contributed by atoms with Gasteiger partial charge in [0.25, 0.3) is 0 Å². The molecule has 0 bridgehead atoms. The van der Waals surface area contributed by atoms with Crippen LogP contribution in [-0.2, 0) is 6.54 Å². The number of hydrogen-bond acceptors (Lipinski definition) is 4. The summed E-state index contributed by atoms with van der Waals surface area (Å²) < 4.78 is 5.21. The lowest BCUT2D eigenvalue weighted by Crippen LogP contribution is -2.54. The number of hydrogen-bond donors (Lipinski definition) is 2. The SMILES string of the molecule is Cc1noc(C)c1CN[C@@]1(CO)C[C@H](C)CC(C)(C)C1. The van der Waals surface area contributed by atoms with E-state index in [-0.39, 0.29) is 17.6 Å². The van der Waals surface area contributed by atoms with Crippen LogP contribution in [0.1, 0.15) is 57.1 Å². The standard InChI is InChI=1S/C16H28N2O2/c1-11-6-15(4,5)9-16(7-11,10-19)17-8-14-12(2)18-20-13(14)3/h11,17,19H,6-10H2,1-5H3/t11-,16+/m1/s1. The van der Waals surface area contributed by atoms with E-state index in [0.717, 1.165) is 29.9 Å². The molecule has 1 fully saturated rings. The lowest BCUT2D eigenvalue weighted by Gasteiger charge is -2.47. The molecule has 1 heterocycles. The van der Waals surface area contributed by atoms with Crippen molar-refractivity contribution in [2.24, 2.45) is 11.3 Å². The number of nitrogens with one attached hydrogen (secondary N) is 1. The van der Waals surface area contributed by atoms with Gasteiger partial charge in [0.15, 0.2) is 0 Å². The van der Waals surface area contributed by atoms with Crippen LogP contribution < -0.4 is 5.32 Å². The number of aryl methyl sites for hydroxylation is 2. The molecule has 20 heavy (non-hydrogen) atoms. The van der Waals surface area contributed by atoms with Crippen molar-refractivity contribution in [1.82, 2.24) is 10.5 Å². The molecule has 2 rings (SSSR count). The molecule has 0 unspecified atom stereocenters. The molecule has 0 spiro atoms. The average Bonchev–Trinajstić information content (AvgIpc) is 2.64. The predicted molar refractivity (Wildman–Crippen MR) is 79.4 cm³/mol. The number of nitrogens with zero attached hydrogens (tertiary/aromatic N) is 1. The zero-order chi connectivity index (χ0) is 15.0. The van der Waals surface area contributed by atoms with Crippen molar-refractivity contribution in [1.29, 1.82) is 0 Å². The fourth-order valence-electron chi connectivity index (χ4n) is 4.08. The molecular weight excluding hydrogens is 252 g/mol. The fourth-order valence-corrected chi connectivity index (χ4v) is 4.08. The third-order valence-electron chi connectivity index (χ3n) is 4.58. The zero-order valence-corrected chi connectivity index (χ0v) is 13.4. The maximum atomic E-state index is 9.96. The minimum Gasteiger partial charge on any atom is -0.394 e. The maximum Gasteiger partial charge on any atom is 0.138 e. The quantitative estimate of drug-likeness (QED) is 0.890. The summed E-state index contributed by atoms with van der Waals surface area (Å²) in [5, 5.41) is 17.6. The van der Waals surface area contributed by atoms with Crippen molar-refractivity contribution >= 4 is 0 Å². The highest BCUT2D eigenvalue weighted by Crippen LogP contribution is 2.43. The van der Waals surface area contributed by atoms with Crippen LogP contribution >= 0.6 is 0 Å². The minimum atomic E-state index is -0.183. The second-order valence-electron chi connectivity index (χ2n) is 7.45. The molecule has 0 saturated heterocycles. The van der Waals surface area contributed by atoms with E-state index in [2.05, 4.69) is 31.2 Å². The van der Waals surface area contributed by atoms with Crippen molar-refractivity contribution in [2.45, 2.75) is 66.0 Å². The summed E-state index contributed by atoms with van der Waals surface area (Å²) in [5.41, 5.74) is 2.14. The van der Waals surface area contributed by atoms with Crippen LogP contribution in [0.2, 0.25) is 0 Å². The van der Waals surface area contributed by atoms with Gasteiger partial charge in [0.2, 0.25) is 0 Å². The summed E-state index contributed by atoms with van der Waals surface area (Å²) in [7, 11) is 0. The Hall–Kier alpha value is -0.870. The number of aliphatic hydroxyl groups excluding tert-OH is 1. The summed E-state index contributed by atoms with van der Waals surface area (Å²) in [4.78, 5) is 0. The Bertz CT molecular complexity index is 448. The predicted octanol–water partition coefficient (Wildman–Crippen LogP) is 2.96.